The van der Waals surface area contributed by atoms with Gasteiger partial charge in [-0.1, -0.05) is 17.7 Å². The van der Waals surface area contributed by atoms with Gasteiger partial charge in [-0.05, 0) is 42.4 Å². The molecule has 0 amide bonds. The highest BCUT2D eigenvalue weighted by atomic mass is 35.5. The Morgan fingerprint density at radius 2 is 2.21 bits per heavy atom. The Morgan fingerprint density at radius 3 is 2.93 bits per heavy atom. The van der Waals surface area contributed by atoms with Crippen molar-refractivity contribution in [2.24, 2.45) is 0 Å². The van der Waals surface area contributed by atoms with Gasteiger partial charge in [-0.2, -0.15) is 0 Å². The fourth-order valence-corrected chi connectivity index (χ4v) is 2.84. The van der Waals surface area contributed by atoms with Gasteiger partial charge in [0.25, 0.3) is 0 Å². The highest BCUT2D eigenvalue weighted by molar-refractivity contribution is 7.17. The Labute approximate surface area is 92.7 Å². The summed E-state index contributed by atoms with van der Waals surface area (Å²) in [5.41, 5.74) is 1.35. The van der Waals surface area contributed by atoms with Crippen molar-refractivity contribution in [2.45, 2.75) is 13.0 Å². The maximum atomic E-state index is 5.93. The third-order valence-corrected chi connectivity index (χ3v) is 3.67. The zero-order valence-corrected chi connectivity index (χ0v) is 9.75. The van der Waals surface area contributed by atoms with E-state index in [1.54, 1.807) is 11.3 Å². The molecule has 0 aliphatic carbocycles. The predicted octanol–water partition coefficient (Wildman–Crippen LogP) is 3.84. The topological polar surface area (TPSA) is 12.0 Å². The lowest BCUT2D eigenvalue weighted by molar-refractivity contribution is 0.659. The standard InChI is InChI=1S/C11H12ClNS/c1-7(13-2)10-6-14-11-5-8(12)3-4-9(10)11/h3-7,13H,1-2H3. The van der Waals surface area contributed by atoms with Crippen LogP contribution in [-0.4, -0.2) is 7.05 Å². The molecule has 0 aliphatic heterocycles. The second-order valence-electron chi connectivity index (χ2n) is 3.34. The van der Waals surface area contributed by atoms with Crippen LogP contribution in [0, 0.1) is 0 Å². The summed E-state index contributed by atoms with van der Waals surface area (Å²) in [6, 6.07) is 6.46. The van der Waals surface area contributed by atoms with E-state index >= 15 is 0 Å². The van der Waals surface area contributed by atoms with Gasteiger partial charge in [0, 0.05) is 15.8 Å². The molecule has 1 atom stereocenters. The van der Waals surface area contributed by atoms with Crippen molar-refractivity contribution in [2.75, 3.05) is 7.05 Å². The number of hydrogen-bond donors (Lipinski definition) is 1. The van der Waals surface area contributed by atoms with Crippen molar-refractivity contribution in [3.05, 3.63) is 34.2 Å². The minimum atomic E-state index is 0.393. The number of thiophene rings is 1. The van der Waals surface area contributed by atoms with E-state index < -0.39 is 0 Å². The van der Waals surface area contributed by atoms with E-state index in [0.717, 1.165) is 5.02 Å². The molecule has 0 aliphatic rings. The molecule has 0 bridgehead atoms. The molecule has 14 heavy (non-hydrogen) atoms. The van der Waals surface area contributed by atoms with Gasteiger partial charge in [-0.25, -0.2) is 0 Å². The Balaban J connectivity index is 2.58. The normalized spacial score (nSPS) is 13.4. The van der Waals surface area contributed by atoms with E-state index in [0.29, 0.717) is 6.04 Å². The minimum absolute atomic E-state index is 0.393. The summed E-state index contributed by atoms with van der Waals surface area (Å²) in [6.45, 7) is 2.16. The average Bonchev–Trinajstić information content (AvgIpc) is 2.59. The van der Waals surface area contributed by atoms with Crippen molar-refractivity contribution < 1.29 is 0 Å². The number of hydrogen-bond acceptors (Lipinski definition) is 2. The molecule has 74 valence electrons. The Bertz CT molecular complexity index is 449. The SMILES string of the molecule is CNC(C)c1csc2cc(Cl)ccc12. The first-order valence-electron chi connectivity index (χ1n) is 4.56. The molecule has 1 heterocycles. The zero-order valence-electron chi connectivity index (χ0n) is 8.17. The summed E-state index contributed by atoms with van der Waals surface area (Å²) < 4.78 is 1.26. The van der Waals surface area contributed by atoms with Gasteiger partial charge in [0.2, 0.25) is 0 Å². The first-order chi connectivity index (χ1) is 6.72. The molecule has 2 aromatic rings. The van der Waals surface area contributed by atoms with Crippen LogP contribution in [-0.2, 0) is 0 Å². The van der Waals surface area contributed by atoms with Crippen molar-refractivity contribution in [1.82, 2.24) is 5.32 Å². The van der Waals surface area contributed by atoms with Crippen molar-refractivity contribution in [1.29, 1.82) is 0 Å². The van der Waals surface area contributed by atoms with Gasteiger partial charge in [-0.3, -0.25) is 0 Å². The second-order valence-corrected chi connectivity index (χ2v) is 4.69. The Morgan fingerprint density at radius 1 is 1.43 bits per heavy atom. The van der Waals surface area contributed by atoms with Gasteiger partial charge in [-0.15, -0.1) is 11.3 Å². The van der Waals surface area contributed by atoms with Crippen LogP contribution in [0.2, 0.25) is 5.02 Å². The molecule has 1 N–H and O–H groups in total. The Hall–Kier alpha value is -0.570. The fourth-order valence-electron chi connectivity index (χ4n) is 1.51. The lowest BCUT2D eigenvalue weighted by atomic mass is 10.1. The highest BCUT2D eigenvalue weighted by Gasteiger charge is 2.09. The molecule has 1 aromatic carbocycles. The number of halogens is 1. The van der Waals surface area contributed by atoms with Crippen molar-refractivity contribution >= 4 is 33.0 Å². The van der Waals surface area contributed by atoms with Crippen LogP contribution in [0.3, 0.4) is 0 Å². The smallest absolute Gasteiger partial charge is 0.0420 e. The molecule has 0 radical (unpaired) electrons. The van der Waals surface area contributed by atoms with Crippen LogP contribution >= 0.6 is 22.9 Å². The molecule has 3 heteroatoms. The van der Waals surface area contributed by atoms with Gasteiger partial charge in [0.15, 0.2) is 0 Å². The van der Waals surface area contributed by atoms with Crippen molar-refractivity contribution in [3.63, 3.8) is 0 Å². The molecular formula is C11H12ClNS. The van der Waals surface area contributed by atoms with Gasteiger partial charge in [0.1, 0.15) is 0 Å². The van der Waals surface area contributed by atoms with Crippen LogP contribution in [0.15, 0.2) is 23.6 Å². The summed E-state index contributed by atoms with van der Waals surface area (Å²) >= 11 is 7.68. The van der Waals surface area contributed by atoms with E-state index in [-0.39, 0.29) is 0 Å². The van der Waals surface area contributed by atoms with Crippen LogP contribution in [0.25, 0.3) is 10.1 Å². The van der Waals surface area contributed by atoms with E-state index in [2.05, 4.69) is 23.7 Å². The zero-order chi connectivity index (χ0) is 10.1. The largest absolute Gasteiger partial charge is 0.313 e. The van der Waals surface area contributed by atoms with Crippen LogP contribution in [0.4, 0.5) is 0 Å². The summed E-state index contributed by atoms with van der Waals surface area (Å²) in [7, 11) is 1.98. The average molecular weight is 226 g/mol. The third kappa shape index (κ3) is 1.65. The Kier molecular flexibility index (Phi) is 2.77. The monoisotopic (exact) mass is 225 g/mol. The third-order valence-electron chi connectivity index (χ3n) is 2.47. The molecule has 0 spiro atoms. The number of nitrogens with one attached hydrogen (secondary N) is 1. The van der Waals surface area contributed by atoms with E-state index in [4.69, 9.17) is 11.6 Å². The molecule has 0 fully saturated rings. The minimum Gasteiger partial charge on any atom is -0.313 e. The first-order valence-corrected chi connectivity index (χ1v) is 5.82. The lowest BCUT2D eigenvalue weighted by Crippen LogP contribution is -2.11. The van der Waals surface area contributed by atoms with Gasteiger partial charge >= 0.3 is 0 Å². The van der Waals surface area contributed by atoms with Gasteiger partial charge in [0.05, 0.1) is 0 Å². The quantitative estimate of drug-likeness (QED) is 0.819. The molecule has 1 nitrogen and oxygen atoms in total. The summed E-state index contributed by atoms with van der Waals surface area (Å²) in [5.74, 6) is 0. The maximum Gasteiger partial charge on any atom is 0.0420 e. The van der Waals surface area contributed by atoms with Crippen LogP contribution in [0.1, 0.15) is 18.5 Å². The summed E-state index contributed by atoms with van der Waals surface area (Å²) in [5, 5.41) is 7.56. The van der Waals surface area contributed by atoms with E-state index in [1.807, 2.05) is 19.2 Å². The number of rotatable bonds is 2. The van der Waals surface area contributed by atoms with Gasteiger partial charge < -0.3 is 5.32 Å². The van der Waals surface area contributed by atoms with Crippen LogP contribution < -0.4 is 5.32 Å². The molecular weight excluding hydrogens is 214 g/mol. The number of fused-ring (bicyclic) bond motifs is 1. The fraction of sp³-hybridized carbons (Fsp3) is 0.273. The number of benzene rings is 1. The lowest BCUT2D eigenvalue weighted by Gasteiger charge is -2.08. The van der Waals surface area contributed by atoms with E-state index in [9.17, 15) is 0 Å². The molecule has 0 saturated heterocycles. The predicted molar refractivity (Wildman–Crippen MR) is 64.3 cm³/mol. The maximum absolute atomic E-state index is 5.93. The highest BCUT2D eigenvalue weighted by Crippen LogP contribution is 2.31. The summed E-state index contributed by atoms with van der Waals surface area (Å²) in [6.07, 6.45) is 0. The van der Waals surface area contributed by atoms with Crippen molar-refractivity contribution in [3.8, 4) is 0 Å². The first kappa shape index (κ1) is 9.97. The molecule has 2 rings (SSSR count). The summed E-state index contributed by atoms with van der Waals surface area (Å²) in [4.78, 5) is 0. The molecule has 1 aromatic heterocycles. The van der Waals surface area contributed by atoms with E-state index in [1.165, 1.54) is 15.6 Å². The molecule has 1 unspecified atom stereocenters. The van der Waals surface area contributed by atoms with Crippen LogP contribution in [0.5, 0.6) is 0 Å². The second kappa shape index (κ2) is 3.89. The molecule has 0 saturated carbocycles.